The zero-order chi connectivity index (χ0) is 33.8. The number of rotatable bonds is 14. The number of ether oxygens (including phenoxy) is 5. The van der Waals surface area contributed by atoms with Gasteiger partial charge in [-0.1, -0.05) is 12.8 Å². The highest BCUT2D eigenvalue weighted by Crippen LogP contribution is 2.29. The van der Waals surface area contributed by atoms with Crippen LogP contribution in [0.4, 0.5) is 4.79 Å². The lowest BCUT2D eigenvalue weighted by molar-refractivity contribution is -0.158. The van der Waals surface area contributed by atoms with Gasteiger partial charge in [0.25, 0.3) is 0 Å². The molecule has 0 atom stereocenters. The quantitative estimate of drug-likeness (QED) is 0.117. The third-order valence-corrected chi connectivity index (χ3v) is 6.56. The largest absolute Gasteiger partial charge is 0.478 e. The minimum absolute atomic E-state index is 0.137. The molecule has 1 N–H and O–H groups in total. The van der Waals surface area contributed by atoms with Crippen molar-refractivity contribution in [1.29, 1.82) is 0 Å². The molecule has 1 aliphatic heterocycles. The van der Waals surface area contributed by atoms with E-state index in [0.717, 1.165) is 45.2 Å². The molecule has 1 aliphatic rings. The number of hydrogen-bond donors (Lipinski definition) is 1. The van der Waals surface area contributed by atoms with Crippen molar-refractivity contribution < 1.29 is 42.9 Å². The van der Waals surface area contributed by atoms with E-state index in [1.807, 2.05) is 20.8 Å². The summed E-state index contributed by atoms with van der Waals surface area (Å²) in [6.07, 6.45) is 4.76. The number of unbranched alkanes of at least 4 members (excludes halogenated alkanes) is 1. The summed E-state index contributed by atoms with van der Waals surface area (Å²) in [4.78, 5) is 51.4. The molecule has 11 nitrogen and oxygen atoms in total. The number of esters is 2. The van der Waals surface area contributed by atoms with Crippen LogP contribution in [0.1, 0.15) is 105 Å². The molecule has 1 heterocycles. The Balaban J connectivity index is 1.83. The number of ketones is 1. The molecule has 0 aromatic heterocycles. The predicted molar refractivity (Wildman–Crippen MR) is 171 cm³/mol. The lowest BCUT2D eigenvalue weighted by Crippen LogP contribution is -2.41. The molecule has 0 bridgehead atoms. The molecule has 1 saturated heterocycles. The molecule has 0 saturated carbocycles. The van der Waals surface area contributed by atoms with Crippen molar-refractivity contribution in [3.63, 3.8) is 0 Å². The molecule has 1 aromatic rings. The maximum atomic E-state index is 12.9. The van der Waals surface area contributed by atoms with Gasteiger partial charge in [-0.15, -0.1) is 0 Å². The molecular weight excluding hydrogens is 580 g/mol. The third kappa shape index (κ3) is 16.0. The molecule has 45 heavy (non-hydrogen) atoms. The Morgan fingerprint density at radius 3 is 1.82 bits per heavy atom. The van der Waals surface area contributed by atoms with E-state index in [1.165, 1.54) is 12.1 Å². The van der Waals surface area contributed by atoms with Crippen LogP contribution in [0.5, 0.6) is 11.5 Å². The first-order valence-corrected chi connectivity index (χ1v) is 15.9. The van der Waals surface area contributed by atoms with Gasteiger partial charge in [-0.05, 0) is 112 Å². The Hall–Kier alpha value is -3.34. The van der Waals surface area contributed by atoms with Gasteiger partial charge in [0.2, 0.25) is 0 Å². The van der Waals surface area contributed by atoms with E-state index in [-0.39, 0.29) is 36.5 Å². The summed E-state index contributed by atoms with van der Waals surface area (Å²) < 4.78 is 27.4. The van der Waals surface area contributed by atoms with Crippen molar-refractivity contribution >= 4 is 23.8 Å². The van der Waals surface area contributed by atoms with Crippen LogP contribution in [0.3, 0.4) is 0 Å². The molecule has 2 rings (SSSR count). The first kappa shape index (κ1) is 37.8. The normalized spacial score (nSPS) is 14.5. The summed E-state index contributed by atoms with van der Waals surface area (Å²) in [6, 6.07) is 4.64. The number of hydrogen-bond acceptors (Lipinski definition) is 10. The maximum absolute atomic E-state index is 12.9. The van der Waals surface area contributed by atoms with Gasteiger partial charge >= 0.3 is 18.0 Å². The minimum Gasteiger partial charge on any atom is -0.478 e. The summed E-state index contributed by atoms with van der Waals surface area (Å²) >= 11 is 0. The molecule has 0 aliphatic carbocycles. The second kappa shape index (κ2) is 16.8. The standard InChI is InChI=1S/C34H54N2O9/c1-32(2,3)43-29(38)22-41-27-14-13-25(20-28(27)42-23-30(39)44-33(4,5)6)26(37)21-35-17-11-10-12-24-15-18-36(19-16-24)31(40)45-34(7,8)9/h13-14,20,24,35H,10-12,15-19,21-23H2,1-9H3. The van der Waals surface area contributed by atoms with Crippen LogP contribution in [0.25, 0.3) is 0 Å². The number of nitrogens with one attached hydrogen (secondary N) is 1. The van der Waals surface area contributed by atoms with Gasteiger partial charge in [0.05, 0.1) is 6.54 Å². The Morgan fingerprint density at radius 2 is 1.29 bits per heavy atom. The first-order chi connectivity index (χ1) is 20.8. The van der Waals surface area contributed by atoms with Crippen molar-refractivity contribution in [2.45, 2.75) is 111 Å². The number of likely N-dealkylation sites (tertiary alicyclic amines) is 1. The molecule has 1 amide bonds. The molecule has 1 fully saturated rings. The third-order valence-electron chi connectivity index (χ3n) is 6.56. The fourth-order valence-electron chi connectivity index (χ4n) is 4.65. The molecule has 0 radical (unpaired) electrons. The van der Waals surface area contributed by atoms with Crippen LogP contribution < -0.4 is 14.8 Å². The Morgan fingerprint density at radius 1 is 0.756 bits per heavy atom. The minimum atomic E-state index is -0.681. The number of nitrogens with zero attached hydrogens (tertiary/aromatic N) is 1. The van der Waals surface area contributed by atoms with Crippen molar-refractivity contribution in [1.82, 2.24) is 10.2 Å². The molecule has 11 heteroatoms. The van der Waals surface area contributed by atoms with Crippen LogP contribution >= 0.6 is 0 Å². The molecule has 254 valence electrons. The van der Waals surface area contributed by atoms with Crippen molar-refractivity contribution in [3.8, 4) is 11.5 Å². The van der Waals surface area contributed by atoms with Crippen molar-refractivity contribution in [2.75, 3.05) is 39.4 Å². The van der Waals surface area contributed by atoms with Crippen LogP contribution in [-0.4, -0.2) is 84.9 Å². The summed E-state index contributed by atoms with van der Waals surface area (Å²) in [7, 11) is 0. The van der Waals surface area contributed by atoms with Gasteiger partial charge < -0.3 is 33.9 Å². The smallest absolute Gasteiger partial charge is 0.410 e. The monoisotopic (exact) mass is 634 g/mol. The Bertz CT molecular complexity index is 1140. The van der Waals surface area contributed by atoms with Gasteiger partial charge in [0, 0.05) is 18.7 Å². The maximum Gasteiger partial charge on any atom is 0.410 e. The number of benzene rings is 1. The molecule has 1 aromatic carbocycles. The number of amides is 1. The van der Waals surface area contributed by atoms with E-state index in [2.05, 4.69) is 5.32 Å². The summed E-state index contributed by atoms with van der Waals surface area (Å²) in [5, 5.41) is 3.21. The Kier molecular flexibility index (Phi) is 14.1. The number of piperidine rings is 1. The topological polar surface area (TPSA) is 130 Å². The van der Waals surface area contributed by atoms with Crippen molar-refractivity contribution in [2.24, 2.45) is 5.92 Å². The average Bonchev–Trinajstić information content (AvgIpc) is 2.90. The average molecular weight is 635 g/mol. The van der Waals surface area contributed by atoms with Crippen molar-refractivity contribution in [3.05, 3.63) is 23.8 Å². The molecule has 0 unspecified atom stereocenters. The predicted octanol–water partition coefficient (Wildman–Crippen LogP) is 5.72. The van der Waals surface area contributed by atoms with Crippen LogP contribution in [0, 0.1) is 5.92 Å². The summed E-state index contributed by atoms with van der Waals surface area (Å²) in [6.45, 7) is 17.7. The summed E-state index contributed by atoms with van der Waals surface area (Å²) in [5.41, 5.74) is -1.45. The lowest BCUT2D eigenvalue weighted by atomic mass is 9.92. The lowest BCUT2D eigenvalue weighted by Gasteiger charge is -2.33. The number of carbonyl (C=O) groups excluding carboxylic acids is 4. The first-order valence-electron chi connectivity index (χ1n) is 15.9. The van der Waals surface area contributed by atoms with Crippen LogP contribution in [0.2, 0.25) is 0 Å². The van der Waals surface area contributed by atoms with Crippen LogP contribution in [-0.2, 0) is 23.8 Å². The van der Waals surface area contributed by atoms with Gasteiger partial charge in [0.15, 0.2) is 30.5 Å². The van der Waals surface area contributed by atoms with E-state index < -0.39 is 35.3 Å². The highest BCUT2D eigenvalue weighted by Gasteiger charge is 2.27. The van der Waals surface area contributed by atoms with Gasteiger partial charge in [-0.3, -0.25) is 4.79 Å². The molecular formula is C34H54N2O9. The highest BCUT2D eigenvalue weighted by atomic mass is 16.6. The fraction of sp³-hybridized carbons (Fsp3) is 0.706. The van der Waals surface area contributed by atoms with E-state index in [9.17, 15) is 19.2 Å². The zero-order valence-corrected chi connectivity index (χ0v) is 28.7. The van der Waals surface area contributed by atoms with E-state index in [4.69, 9.17) is 23.7 Å². The number of Topliss-reactive ketones (excluding diaryl/α,β-unsaturated/α-hetero) is 1. The Labute approximate surface area is 268 Å². The van der Waals surface area contributed by atoms with Crippen LogP contribution in [0.15, 0.2) is 18.2 Å². The molecule has 0 spiro atoms. The number of carbonyl (C=O) groups is 4. The van der Waals surface area contributed by atoms with E-state index in [0.29, 0.717) is 18.0 Å². The van der Waals surface area contributed by atoms with Gasteiger partial charge in [0.1, 0.15) is 16.8 Å². The second-order valence-electron chi connectivity index (χ2n) is 14.4. The van der Waals surface area contributed by atoms with Gasteiger partial charge in [-0.25, -0.2) is 14.4 Å². The van der Waals surface area contributed by atoms with E-state index in [1.54, 1.807) is 52.5 Å². The summed E-state index contributed by atoms with van der Waals surface area (Å²) in [5.74, 6) is -0.353. The second-order valence-corrected chi connectivity index (χ2v) is 14.4. The fourth-order valence-corrected chi connectivity index (χ4v) is 4.65. The zero-order valence-electron chi connectivity index (χ0n) is 28.7. The SMILES string of the molecule is CC(C)(C)OC(=O)COc1ccc(C(=O)CNCCCCC2CCN(C(=O)OC(C)(C)C)CC2)cc1OCC(=O)OC(C)(C)C. The van der Waals surface area contributed by atoms with Gasteiger partial charge in [-0.2, -0.15) is 0 Å². The highest BCUT2D eigenvalue weighted by molar-refractivity contribution is 5.98. The van der Waals surface area contributed by atoms with E-state index >= 15 is 0 Å².